The third-order valence-electron chi connectivity index (χ3n) is 6.71. The molecule has 1 saturated heterocycles. The zero-order valence-electron chi connectivity index (χ0n) is 21.5. The third-order valence-corrected chi connectivity index (χ3v) is 7.20. The fourth-order valence-corrected chi connectivity index (χ4v) is 5.18. The second kappa shape index (κ2) is 11.0. The minimum absolute atomic E-state index is 0.133. The van der Waals surface area contributed by atoms with Crippen LogP contribution in [-0.4, -0.2) is 67.6 Å². The number of anilines is 2. The Bertz CT molecular complexity index is 1380. The Labute approximate surface area is 229 Å². The summed E-state index contributed by atoms with van der Waals surface area (Å²) in [6, 6.07) is 9.48. The van der Waals surface area contributed by atoms with Crippen molar-refractivity contribution in [1.29, 1.82) is 0 Å². The summed E-state index contributed by atoms with van der Waals surface area (Å²) in [4.78, 5) is 30.9. The summed E-state index contributed by atoms with van der Waals surface area (Å²) in [5.41, 5.74) is 9.78. The monoisotopic (exact) mass is 580 g/mol. The number of halogens is 1. The summed E-state index contributed by atoms with van der Waals surface area (Å²) in [6.07, 6.45) is 4.36. The van der Waals surface area contributed by atoms with Gasteiger partial charge in [0.15, 0.2) is 11.5 Å². The maximum Gasteiger partial charge on any atom is 0.278 e. The molecule has 2 aliphatic rings. The van der Waals surface area contributed by atoms with Crippen LogP contribution in [0.15, 0.2) is 46.0 Å². The standard InChI is InChI=1S/C27H29BrN6O4/c1-36-21-11-16(12-22(37-2)24(21)38-3)10-17-14-30-27(32-25(17)29)31-23-19-13-18(28)6-7-20(19)34(26(23)35)15-33-8-4-5-9-33/h6-7,11-14H,4-5,8-10,15H2,1-3H3,(H2,29,30,32)/b31-23-. The van der Waals surface area contributed by atoms with Gasteiger partial charge in [0.05, 0.1) is 33.7 Å². The number of amides is 1. The van der Waals surface area contributed by atoms with Gasteiger partial charge in [-0.25, -0.2) is 9.98 Å². The van der Waals surface area contributed by atoms with Crippen molar-refractivity contribution in [3.63, 3.8) is 0 Å². The summed E-state index contributed by atoms with van der Waals surface area (Å²) in [7, 11) is 4.70. The fraction of sp³-hybridized carbons (Fsp3) is 0.333. The normalized spacial score (nSPS) is 16.3. The highest BCUT2D eigenvalue weighted by Crippen LogP contribution is 2.39. The average Bonchev–Trinajstić information content (AvgIpc) is 3.52. The average molecular weight is 581 g/mol. The molecule has 0 unspecified atom stereocenters. The zero-order valence-corrected chi connectivity index (χ0v) is 23.1. The van der Waals surface area contributed by atoms with Gasteiger partial charge in [0, 0.05) is 28.2 Å². The van der Waals surface area contributed by atoms with Gasteiger partial charge < -0.3 is 19.9 Å². The quantitative estimate of drug-likeness (QED) is 0.425. The number of nitrogen functional groups attached to an aromatic ring is 1. The number of carbonyl (C=O) groups is 1. The predicted molar refractivity (Wildman–Crippen MR) is 149 cm³/mol. The Balaban J connectivity index is 1.43. The van der Waals surface area contributed by atoms with E-state index in [1.165, 1.54) is 0 Å². The number of aromatic nitrogens is 2. The molecule has 198 valence electrons. The van der Waals surface area contributed by atoms with E-state index in [1.807, 2.05) is 30.3 Å². The lowest BCUT2D eigenvalue weighted by molar-refractivity contribution is -0.112. The van der Waals surface area contributed by atoms with Gasteiger partial charge in [0.25, 0.3) is 11.9 Å². The molecule has 2 N–H and O–H groups in total. The van der Waals surface area contributed by atoms with Crippen LogP contribution < -0.4 is 24.8 Å². The summed E-state index contributed by atoms with van der Waals surface area (Å²) >= 11 is 3.52. The van der Waals surface area contributed by atoms with Crippen molar-refractivity contribution in [2.24, 2.45) is 4.99 Å². The van der Waals surface area contributed by atoms with Crippen molar-refractivity contribution in [2.75, 3.05) is 51.7 Å². The Morgan fingerprint density at radius 2 is 1.76 bits per heavy atom. The van der Waals surface area contributed by atoms with Crippen LogP contribution in [0.1, 0.15) is 29.5 Å². The second-order valence-electron chi connectivity index (χ2n) is 9.11. The summed E-state index contributed by atoms with van der Waals surface area (Å²) < 4.78 is 17.2. The van der Waals surface area contributed by atoms with E-state index in [4.69, 9.17) is 19.9 Å². The molecule has 0 bridgehead atoms. The molecule has 5 rings (SSSR count). The molecule has 38 heavy (non-hydrogen) atoms. The highest BCUT2D eigenvalue weighted by Gasteiger charge is 2.35. The highest BCUT2D eigenvalue weighted by atomic mass is 79.9. The minimum atomic E-state index is -0.173. The summed E-state index contributed by atoms with van der Waals surface area (Å²) in [6.45, 7) is 2.49. The van der Waals surface area contributed by atoms with Gasteiger partial charge in [-0.2, -0.15) is 4.98 Å². The first-order valence-corrected chi connectivity index (χ1v) is 13.0. The minimum Gasteiger partial charge on any atom is -0.493 e. The molecule has 1 aromatic heterocycles. The molecule has 11 heteroatoms. The van der Waals surface area contributed by atoms with E-state index < -0.39 is 0 Å². The predicted octanol–water partition coefficient (Wildman–Crippen LogP) is 3.96. The molecule has 3 heterocycles. The number of hydrogen-bond donors (Lipinski definition) is 1. The number of hydrogen-bond acceptors (Lipinski definition) is 9. The molecule has 0 atom stereocenters. The van der Waals surface area contributed by atoms with Gasteiger partial charge in [0.1, 0.15) is 11.5 Å². The molecule has 1 fully saturated rings. The number of nitrogens with zero attached hydrogens (tertiary/aromatic N) is 5. The first-order chi connectivity index (χ1) is 18.4. The van der Waals surface area contributed by atoms with Crippen LogP contribution in [0.2, 0.25) is 0 Å². The number of aliphatic imine (C=N–C) groups is 1. The smallest absolute Gasteiger partial charge is 0.278 e. The van der Waals surface area contributed by atoms with E-state index in [1.54, 1.807) is 32.4 Å². The van der Waals surface area contributed by atoms with E-state index in [0.717, 1.165) is 47.2 Å². The third kappa shape index (κ3) is 5.03. The van der Waals surface area contributed by atoms with E-state index in [-0.39, 0.29) is 17.7 Å². The number of ether oxygens (including phenoxy) is 3. The van der Waals surface area contributed by atoms with Crippen molar-refractivity contribution < 1.29 is 19.0 Å². The van der Waals surface area contributed by atoms with Gasteiger partial charge >= 0.3 is 0 Å². The van der Waals surface area contributed by atoms with Gasteiger partial charge in [-0.05, 0) is 61.8 Å². The summed E-state index contributed by atoms with van der Waals surface area (Å²) in [5.74, 6) is 1.85. The Morgan fingerprint density at radius 1 is 1.05 bits per heavy atom. The largest absolute Gasteiger partial charge is 0.493 e. The van der Waals surface area contributed by atoms with Crippen LogP contribution in [0.25, 0.3) is 0 Å². The molecule has 0 aliphatic carbocycles. The molecular formula is C27H29BrN6O4. The van der Waals surface area contributed by atoms with E-state index in [9.17, 15) is 4.79 Å². The molecule has 0 saturated carbocycles. The summed E-state index contributed by atoms with van der Waals surface area (Å²) in [5, 5.41) is 0. The van der Waals surface area contributed by atoms with Crippen LogP contribution in [0.3, 0.4) is 0 Å². The van der Waals surface area contributed by atoms with Gasteiger partial charge in [-0.15, -0.1) is 0 Å². The Hall–Kier alpha value is -3.70. The van der Waals surface area contributed by atoms with Crippen LogP contribution in [0.5, 0.6) is 17.2 Å². The lowest BCUT2D eigenvalue weighted by Gasteiger charge is -2.23. The SMILES string of the molecule is COc1cc(Cc2cnc(/N=C3\C(=O)N(CN4CCCC4)c4ccc(Br)cc43)nc2N)cc(OC)c1OC. The number of rotatable bonds is 8. The first kappa shape index (κ1) is 25.9. The zero-order chi connectivity index (χ0) is 26.8. The number of likely N-dealkylation sites (tertiary alicyclic amines) is 1. The highest BCUT2D eigenvalue weighted by molar-refractivity contribution is 9.10. The van der Waals surface area contributed by atoms with Gasteiger partial charge in [-0.3, -0.25) is 14.6 Å². The lowest BCUT2D eigenvalue weighted by Crippen LogP contribution is -2.39. The lowest BCUT2D eigenvalue weighted by atomic mass is 10.1. The van der Waals surface area contributed by atoms with Crippen molar-refractivity contribution >= 4 is 45.0 Å². The molecule has 2 aromatic carbocycles. The van der Waals surface area contributed by atoms with Gasteiger partial charge in [0.2, 0.25) is 5.75 Å². The molecule has 2 aliphatic heterocycles. The number of carbonyl (C=O) groups excluding carboxylic acids is 1. The maximum atomic E-state index is 13.5. The second-order valence-corrected chi connectivity index (χ2v) is 10.0. The molecule has 0 radical (unpaired) electrons. The van der Waals surface area contributed by atoms with Crippen molar-refractivity contribution in [3.8, 4) is 17.2 Å². The number of methoxy groups -OCH3 is 3. The van der Waals surface area contributed by atoms with Crippen LogP contribution in [0.4, 0.5) is 17.5 Å². The number of fused-ring (bicyclic) bond motifs is 1. The van der Waals surface area contributed by atoms with Crippen molar-refractivity contribution in [3.05, 3.63) is 57.7 Å². The van der Waals surface area contributed by atoms with Crippen molar-refractivity contribution in [1.82, 2.24) is 14.9 Å². The van der Waals surface area contributed by atoms with E-state index in [0.29, 0.717) is 41.6 Å². The number of nitrogens with two attached hydrogens (primary N) is 1. The molecule has 1 amide bonds. The van der Waals surface area contributed by atoms with Crippen LogP contribution >= 0.6 is 15.9 Å². The topological polar surface area (TPSA) is 115 Å². The maximum absolute atomic E-state index is 13.5. The molecule has 3 aromatic rings. The van der Waals surface area contributed by atoms with Gasteiger partial charge in [-0.1, -0.05) is 15.9 Å². The van der Waals surface area contributed by atoms with Crippen LogP contribution in [-0.2, 0) is 11.2 Å². The molecular weight excluding hydrogens is 552 g/mol. The van der Waals surface area contributed by atoms with Crippen molar-refractivity contribution in [2.45, 2.75) is 19.3 Å². The number of benzene rings is 2. The molecule has 0 spiro atoms. The Kier molecular flexibility index (Phi) is 7.48. The fourth-order valence-electron chi connectivity index (χ4n) is 4.82. The molecule has 10 nitrogen and oxygen atoms in total. The van der Waals surface area contributed by atoms with E-state index in [2.05, 4.69) is 35.8 Å². The Morgan fingerprint density at radius 3 is 2.39 bits per heavy atom. The van der Waals surface area contributed by atoms with E-state index >= 15 is 0 Å². The van der Waals surface area contributed by atoms with Crippen LogP contribution in [0, 0.1) is 0 Å². The first-order valence-electron chi connectivity index (χ1n) is 12.2.